The number of ether oxygens (including phenoxy) is 1. The molecule has 0 radical (unpaired) electrons. The fraction of sp³-hybridized carbons (Fsp3) is 0.533. The van der Waals surface area contributed by atoms with E-state index in [1.165, 1.54) is 12.8 Å². The first-order valence-corrected chi connectivity index (χ1v) is 7.68. The summed E-state index contributed by atoms with van der Waals surface area (Å²) in [5, 5.41) is 0. The number of hydrogen-bond acceptors (Lipinski definition) is 3. The highest BCUT2D eigenvalue weighted by Crippen LogP contribution is 2.35. The molecule has 1 aromatic rings. The van der Waals surface area contributed by atoms with E-state index in [2.05, 4.69) is 22.9 Å². The first kappa shape index (κ1) is 15.3. The van der Waals surface area contributed by atoms with Gasteiger partial charge in [0.15, 0.2) is 0 Å². The van der Waals surface area contributed by atoms with Crippen molar-refractivity contribution in [3.8, 4) is 0 Å². The third-order valence-electron chi connectivity index (χ3n) is 3.76. The fourth-order valence-corrected chi connectivity index (χ4v) is 2.93. The van der Waals surface area contributed by atoms with Gasteiger partial charge in [-0.15, -0.1) is 0 Å². The van der Waals surface area contributed by atoms with Crippen LogP contribution in [0.3, 0.4) is 0 Å². The van der Waals surface area contributed by atoms with Gasteiger partial charge in [0.2, 0.25) is 0 Å². The van der Waals surface area contributed by atoms with Crippen molar-refractivity contribution in [3.63, 3.8) is 0 Å². The van der Waals surface area contributed by atoms with Gasteiger partial charge in [-0.25, -0.2) is 0 Å². The minimum atomic E-state index is 0.0226. The van der Waals surface area contributed by atoms with Crippen LogP contribution in [-0.2, 0) is 4.74 Å². The predicted octanol–water partition coefficient (Wildman–Crippen LogP) is 2.92. The van der Waals surface area contributed by atoms with Crippen LogP contribution in [0.5, 0.6) is 0 Å². The number of halogens is 1. The quantitative estimate of drug-likeness (QED) is 0.810. The highest BCUT2D eigenvalue weighted by Gasteiger charge is 2.34. The van der Waals surface area contributed by atoms with Gasteiger partial charge in [-0.1, -0.05) is 15.9 Å². The number of nitrogen functional groups attached to an aromatic ring is 1. The number of anilines is 1. The Labute approximate surface area is 128 Å². The second-order valence-corrected chi connectivity index (χ2v) is 6.26. The summed E-state index contributed by atoms with van der Waals surface area (Å²) in [7, 11) is 1.65. The van der Waals surface area contributed by atoms with Crippen LogP contribution in [0.25, 0.3) is 0 Å². The van der Waals surface area contributed by atoms with Crippen molar-refractivity contribution in [1.29, 1.82) is 0 Å². The summed E-state index contributed by atoms with van der Waals surface area (Å²) in [5.74, 6) is 0.648. The van der Waals surface area contributed by atoms with Gasteiger partial charge in [-0.05, 0) is 43.9 Å². The lowest BCUT2D eigenvalue weighted by Gasteiger charge is -2.29. The van der Waals surface area contributed by atoms with Gasteiger partial charge in [0.25, 0.3) is 5.91 Å². The maximum Gasteiger partial charge on any atom is 0.254 e. The molecule has 110 valence electrons. The highest BCUT2D eigenvalue weighted by molar-refractivity contribution is 9.10. The third-order valence-corrected chi connectivity index (χ3v) is 4.22. The molecule has 0 aliphatic heterocycles. The third kappa shape index (κ3) is 3.73. The van der Waals surface area contributed by atoms with Crippen LogP contribution >= 0.6 is 15.9 Å². The minimum absolute atomic E-state index is 0.0226. The van der Waals surface area contributed by atoms with E-state index >= 15 is 0 Å². The van der Waals surface area contributed by atoms with Crippen LogP contribution in [0.2, 0.25) is 0 Å². The van der Waals surface area contributed by atoms with E-state index in [1.807, 2.05) is 11.0 Å². The molecule has 1 atom stereocenters. The van der Waals surface area contributed by atoms with Crippen molar-refractivity contribution in [2.24, 2.45) is 5.92 Å². The number of nitrogens with two attached hydrogens (primary N) is 1. The molecule has 2 rings (SSSR count). The van der Waals surface area contributed by atoms with Crippen LogP contribution in [-0.4, -0.2) is 37.1 Å². The maximum atomic E-state index is 12.7. The largest absolute Gasteiger partial charge is 0.399 e. The molecule has 1 amide bonds. The average molecular weight is 341 g/mol. The second-order valence-electron chi connectivity index (χ2n) is 5.34. The Morgan fingerprint density at radius 1 is 1.50 bits per heavy atom. The van der Waals surface area contributed by atoms with Gasteiger partial charge in [0.1, 0.15) is 0 Å². The summed E-state index contributed by atoms with van der Waals surface area (Å²) in [6.45, 7) is 3.28. The van der Waals surface area contributed by atoms with Crippen LogP contribution in [0.15, 0.2) is 22.7 Å². The number of nitrogens with zero attached hydrogens (tertiary/aromatic N) is 1. The molecule has 1 aliphatic rings. The van der Waals surface area contributed by atoms with Crippen LogP contribution in [0.4, 0.5) is 5.69 Å². The second kappa shape index (κ2) is 6.59. The maximum absolute atomic E-state index is 12.7. The Hall–Kier alpha value is -1.07. The molecular formula is C15H21BrN2O2. The van der Waals surface area contributed by atoms with E-state index < -0.39 is 0 Å². The molecule has 1 fully saturated rings. The van der Waals surface area contributed by atoms with E-state index in [0.717, 1.165) is 4.47 Å². The summed E-state index contributed by atoms with van der Waals surface area (Å²) in [4.78, 5) is 14.6. The summed E-state index contributed by atoms with van der Waals surface area (Å²) in [6.07, 6.45) is 2.41. The summed E-state index contributed by atoms with van der Waals surface area (Å²) >= 11 is 3.39. The van der Waals surface area contributed by atoms with Gasteiger partial charge < -0.3 is 15.4 Å². The molecular weight excluding hydrogens is 320 g/mol. The van der Waals surface area contributed by atoms with Gasteiger partial charge in [0, 0.05) is 35.4 Å². The standard InChI is InChI=1S/C15H21BrN2O2/c1-10(11-3-4-11)18(5-6-20-2)15(19)12-7-13(16)9-14(17)8-12/h7-11H,3-6,17H2,1-2H3. The Morgan fingerprint density at radius 2 is 2.20 bits per heavy atom. The number of carbonyl (C=O) groups excluding carboxylic acids is 1. The van der Waals surface area contributed by atoms with Crippen LogP contribution < -0.4 is 5.73 Å². The van der Waals surface area contributed by atoms with Crippen molar-refractivity contribution in [1.82, 2.24) is 4.90 Å². The van der Waals surface area contributed by atoms with Gasteiger partial charge >= 0.3 is 0 Å². The topological polar surface area (TPSA) is 55.6 Å². The van der Waals surface area contributed by atoms with Crippen LogP contribution in [0.1, 0.15) is 30.1 Å². The predicted molar refractivity (Wildman–Crippen MR) is 83.7 cm³/mol. The Kier molecular flexibility index (Phi) is 5.05. The number of hydrogen-bond donors (Lipinski definition) is 1. The Balaban J connectivity index is 2.19. The molecule has 1 saturated carbocycles. The molecule has 0 aromatic heterocycles. The van der Waals surface area contributed by atoms with Crippen molar-refractivity contribution in [2.75, 3.05) is 26.0 Å². The lowest BCUT2D eigenvalue weighted by molar-refractivity contribution is 0.0594. The van der Waals surface area contributed by atoms with E-state index in [9.17, 15) is 4.79 Å². The minimum Gasteiger partial charge on any atom is -0.399 e. The zero-order valence-corrected chi connectivity index (χ0v) is 13.5. The normalized spacial score (nSPS) is 15.9. The van der Waals surface area contributed by atoms with Crippen molar-refractivity contribution in [3.05, 3.63) is 28.2 Å². The average Bonchev–Trinajstić information content (AvgIpc) is 3.21. The van der Waals surface area contributed by atoms with E-state index in [4.69, 9.17) is 10.5 Å². The monoisotopic (exact) mass is 340 g/mol. The molecule has 4 nitrogen and oxygen atoms in total. The van der Waals surface area contributed by atoms with Gasteiger partial charge in [0.05, 0.1) is 6.61 Å². The number of methoxy groups -OCH3 is 1. The lowest BCUT2D eigenvalue weighted by Crippen LogP contribution is -2.42. The molecule has 0 spiro atoms. The summed E-state index contributed by atoms with van der Waals surface area (Å²) in [6, 6.07) is 5.59. The van der Waals surface area contributed by atoms with E-state index in [-0.39, 0.29) is 11.9 Å². The first-order chi connectivity index (χ1) is 9.52. The van der Waals surface area contributed by atoms with Crippen molar-refractivity contribution < 1.29 is 9.53 Å². The SMILES string of the molecule is COCCN(C(=O)c1cc(N)cc(Br)c1)C(C)C1CC1. The molecule has 20 heavy (non-hydrogen) atoms. The number of rotatable bonds is 6. The molecule has 5 heteroatoms. The van der Waals surface area contributed by atoms with E-state index in [0.29, 0.717) is 30.3 Å². The zero-order chi connectivity index (χ0) is 14.7. The first-order valence-electron chi connectivity index (χ1n) is 6.89. The zero-order valence-electron chi connectivity index (χ0n) is 11.9. The van der Waals surface area contributed by atoms with E-state index in [1.54, 1.807) is 19.2 Å². The van der Waals surface area contributed by atoms with Crippen molar-refractivity contribution in [2.45, 2.75) is 25.8 Å². The smallest absolute Gasteiger partial charge is 0.254 e. The van der Waals surface area contributed by atoms with Gasteiger partial charge in [-0.2, -0.15) is 0 Å². The fourth-order valence-electron chi connectivity index (χ4n) is 2.41. The molecule has 0 bridgehead atoms. The van der Waals surface area contributed by atoms with Crippen molar-refractivity contribution >= 4 is 27.5 Å². The Bertz CT molecular complexity index is 469. The number of carbonyl (C=O) groups is 1. The number of benzene rings is 1. The van der Waals surface area contributed by atoms with Crippen LogP contribution in [0, 0.1) is 5.92 Å². The van der Waals surface area contributed by atoms with Gasteiger partial charge in [-0.3, -0.25) is 4.79 Å². The summed E-state index contributed by atoms with van der Waals surface area (Å²) in [5.41, 5.74) is 7.04. The molecule has 1 aromatic carbocycles. The molecule has 1 aliphatic carbocycles. The molecule has 1 unspecified atom stereocenters. The lowest BCUT2D eigenvalue weighted by atomic mass is 10.1. The molecule has 0 heterocycles. The molecule has 0 saturated heterocycles. The molecule has 2 N–H and O–H groups in total. The Morgan fingerprint density at radius 3 is 2.75 bits per heavy atom. The number of amides is 1. The highest BCUT2D eigenvalue weighted by atomic mass is 79.9. The summed E-state index contributed by atoms with van der Waals surface area (Å²) < 4.78 is 5.95.